The zero-order valence-corrected chi connectivity index (χ0v) is 12.7. The van der Waals surface area contributed by atoms with Crippen LogP contribution < -0.4 is 5.32 Å². The van der Waals surface area contributed by atoms with Gasteiger partial charge in [0, 0.05) is 0 Å². The Bertz CT molecular complexity index is 726. The van der Waals surface area contributed by atoms with Crippen molar-refractivity contribution < 1.29 is 9.21 Å². The summed E-state index contributed by atoms with van der Waals surface area (Å²) in [5.41, 5.74) is 1.87. The number of amides is 1. The van der Waals surface area contributed by atoms with Crippen LogP contribution in [-0.2, 0) is 0 Å². The average molecular weight is 297 g/mol. The molecule has 0 aliphatic heterocycles. The molecule has 3 rings (SSSR count). The van der Waals surface area contributed by atoms with Gasteiger partial charge in [0.15, 0.2) is 5.76 Å². The Labute approximate surface area is 128 Å². The van der Waals surface area contributed by atoms with Gasteiger partial charge in [-0.1, -0.05) is 26.0 Å². The third kappa shape index (κ3) is 3.03. The maximum absolute atomic E-state index is 12.2. The summed E-state index contributed by atoms with van der Waals surface area (Å²) in [4.78, 5) is 20.1. The van der Waals surface area contributed by atoms with Gasteiger partial charge in [-0.3, -0.25) is 4.79 Å². The number of H-pyrrole nitrogens is 1. The number of carbonyl (C=O) groups excluding carboxylic acids is 1. The van der Waals surface area contributed by atoms with Crippen LogP contribution in [0.3, 0.4) is 0 Å². The Morgan fingerprint density at radius 2 is 2.09 bits per heavy atom. The van der Waals surface area contributed by atoms with Gasteiger partial charge < -0.3 is 14.7 Å². The molecule has 114 valence electrons. The van der Waals surface area contributed by atoms with E-state index in [2.05, 4.69) is 29.1 Å². The molecule has 0 aliphatic rings. The second-order valence-corrected chi connectivity index (χ2v) is 5.77. The highest BCUT2D eigenvalue weighted by molar-refractivity contribution is 5.91. The molecular formula is C17H19N3O2. The summed E-state index contributed by atoms with van der Waals surface area (Å²) in [6.45, 7) is 4.24. The van der Waals surface area contributed by atoms with Crippen molar-refractivity contribution in [2.45, 2.75) is 26.3 Å². The van der Waals surface area contributed by atoms with Crippen molar-refractivity contribution in [1.29, 1.82) is 0 Å². The number of hydrogen-bond acceptors (Lipinski definition) is 3. The molecular weight excluding hydrogens is 278 g/mol. The zero-order valence-electron chi connectivity index (χ0n) is 12.7. The van der Waals surface area contributed by atoms with Crippen LogP contribution in [-0.4, -0.2) is 15.9 Å². The van der Waals surface area contributed by atoms with Gasteiger partial charge in [0.1, 0.15) is 5.82 Å². The van der Waals surface area contributed by atoms with Crippen LogP contribution >= 0.6 is 0 Å². The van der Waals surface area contributed by atoms with Crippen molar-refractivity contribution in [2.24, 2.45) is 5.92 Å². The molecule has 3 aromatic rings. The van der Waals surface area contributed by atoms with Crippen molar-refractivity contribution in [2.75, 3.05) is 0 Å². The standard InChI is InChI=1S/C17H19N3O2/c1-11(2)10-14(20-17(21)15-8-5-9-22-15)16-18-12-6-3-4-7-13(12)19-16/h3-9,11,14H,10H2,1-2H3,(H,18,19)(H,20,21)/t14-/m1/s1. The second kappa shape index (κ2) is 6.05. The molecule has 0 aliphatic carbocycles. The van der Waals surface area contributed by atoms with E-state index in [-0.39, 0.29) is 11.9 Å². The molecule has 0 saturated heterocycles. The number of fused-ring (bicyclic) bond motifs is 1. The van der Waals surface area contributed by atoms with Crippen LogP contribution in [0.2, 0.25) is 0 Å². The summed E-state index contributed by atoms with van der Waals surface area (Å²) in [5.74, 6) is 1.28. The normalized spacial score (nSPS) is 12.7. The van der Waals surface area contributed by atoms with E-state index >= 15 is 0 Å². The third-order valence-electron chi connectivity index (χ3n) is 3.50. The second-order valence-electron chi connectivity index (χ2n) is 5.77. The summed E-state index contributed by atoms with van der Waals surface area (Å²) < 4.78 is 5.15. The predicted molar refractivity (Wildman–Crippen MR) is 84.5 cm³/mol. The van der Waals surface area contributed by atoms with Gasteiger partial charge in [0.25, 0.3) is 5.91 Å². The minimum Gasteiger partial charge on any atom is -0.459 e. The number of aromatic amines is 1. The first kappa shape index (κ1) is 14.4. The highest BCUT2D eigenvalue weighted by Crippen LogP contribution is 2.22. The van der Waals surface area contributed by atoms with Crippen molar-refractivity contribution in [3.63, 3.8) is 0 Å². The van der Waals surface area contributed by atoms with Gasteiger partial charge in [-0.05, 0) is 36.6 Å². The third-order valence-corrected chi connectivity index (χ3v) is 3.50. The number of hydrogen-bond donors (Lipinski definition) is 2. The maximum atomic E-state index is 12.2. The molecule has 1 aromatic carbocycles. The predicted octanol–water partition coefficient (Wildman–Crippen LogP) is 3.67. The molecule has 0 fully saturated rings. The van der Waals surface area contributed by atoms with Gasteiger partial charge in [-0.2, -0.15) is 0 Å². The largest absolute Gasteiger partial charge is 0.459 e. The highest BCUT2D eigenvalue weighted by atomic mass is 16.3. The summed E-state index contributed by atoms with van der Waals surface area (Å²) in [7, 11) is 0. The number of benzene rings is 1. The molecule has 5 heteroatoms. The highest BCUT2D eigenvalue weighted by Gasteiger charge is 2.21. The molecule has 0 saturated carbocycles. The lowest BCUT2D eigenvalue weighted by atomic mass is 10.0. The van der Waals surface area contributed by atoms with E-state index in [1.165, 1.54) is 6.26 Å². The summed E-state index contributed by atoms with van der Waals surface area (Å²) in [6.07, 6.45) is 2.29. The van der Waals surface area contributed by atoms with Crippen LogP contribution in [0.25, 0.3) is 11.0 Å². The SMILES string of the molecule is CC(C)C[C@@H](NC(=O)c1ccco1)c1nc2ccccc2[nH]1. The summed E-state index contributed by atoms with van der Waals surface area (Å²) in [5, 5.41) is 3.00. The first-order valence-corrected chi connectivity index (χ1v) is 7.42. The first-order chi connectivity index (χ1) is 10.6. The lowest BCUT2D eigenvalue weighted by Gasteiger charge is -2.18. The smallest absolute Gasteiger partial charge is 0.287 e. The molecule has 22 heavy (non-hydrogen) atoms. The quantitative estimate of drug-likeness (QED) is 0.754. The average Bonchev–Trinajstić information content (AvgIpc) is 3.15. The number of nitrogens with one attached hydrogen (secondary N) is 2. The molecule has 5 nitrogen and oxygen atoms in total. The monoisotopic (exact) mass is 297 g/mol. The Morgan fingerprint density at radius 3 is 2.77 bits per heavy atom. The number of imidazole rings is 1. The van der Waals surface area contributed by atoms with Crippen molar-refractivity contribution in [3.05, 3.63) is 54.2 Å². The molecule has 0 spiro atoms. The number of aromatic nitrogens is 2. The van der Waals surface area contributed by atoms with Gasteiger partial charge >= 0.3 is 0 Å². The van der Waals surface area contributed by atoms with Gasteiger partial charge in [0.05, 0.1) is 23.3 Å². The molecule has 0 bridgehead atoms. The van der Waals surface area contributed by atoms with Gasteiger partial charge in [0.2, 0.25) is 0 Å². The fourth-order valence-electron chi connectivity index (χ4n) is 2.49. The minimum atomic E-state index is -0.226. The first-order valence-electron chi connectivity index (χ1n) is 7.42. The van der Waals surface area contributed by atoms with E-state index in [0.717, 1.165) is 23.3 Å². The zero-order chi connectivity index (χ0) is 15.5. The van der Waals surface area contributed by atoms with E-state index in [1.54, 1.807) is 12.1 Å². The Balaban J connectivity index is 1.87. The van der Waals surface area contributed by atoms with Gasteiger partial charge in [-0.25, -0.2) is 4.98 Å². The van der Waals surface area contributed by atoms with E-state index in [9.17, 15) is 4.79 Å². The number of carbonyl (C=O) groups is 1. The van der Waals surface area contributed by atoms with Crippen molar-refractivity contribution in [3.8, 4) is 0 Å². The maximum Gasteiger partial charge on any atom is 0.287 e. The molecule has 2 heterocycles. The lowest BCUT2D eigenvalue weighted by molar-refractivity contribution is 0.0902. The van der Waals surface area contributed by atoms with Crippen molar-refractivity contribution >= 4 is 16.9 Å². The molecule has 1 atom stereocenters. The molecule has 1 amide bonds. The Kier molecular flexibility index (Phi) is 3.96. The van der Waals surface area contributed by atoms with E-state index in [1.807, 2.05) is 24.3 Å². The Morgan fingerprint density at radius 1 is 1.27 bits per heavy atom. The van der Waals surface area contributed by atoms with Crippen LogP contribution in [0.5, 0.6) is 0 Å². The molecule has 0 unspecified atom stereocenters. The van der Waals surface area contributed by atoms with Crippen LogP contribution in [0.15, 0.2) is 47.1 Å². The fourth-order valence-corrected chi connectivity index (χ4v) is 2.49. The number of furan rings is 1. The van der Waals surface area contributed by atoms with E-state index < -0.39 is 0 Å². The number of para-hydroxylation sites is 2. The summed E-state index contributed by atoms with van der Waals surface area (Å²) >= 11 is 0. The number of nitrogens with zero attached hydrogens (tertiary/aromatic N) is 1. The number of rotatable bonds is 5. The Hall–Kier alpha value is -2.56. The minimum absolute atomic E-state index is 0.176. The molecule has 2 aromatic heterocycles. The topological polar surface area (TPSA) is 70.9 Å². The van der Waals surface area contributed by atoms with Crippen LogP contribution in [0.1, 0.15) is 42.7 Å². The van der Waals surface area contributed by atoms with Crippen LogP contribution in [0.4, 0.5) is 0 Å². The van der Waals surface area contributed by atoms with Gasteiger partial charge in [-0.15, -0.1) is 0 Å². The summed E-state index contributed by atoms with van der Waals surface area (Å²) in [6, 6.07) is 11.0. The van der Waals surface area contributed by atoms with Crippen molar-refractivity contribution in [1.82, 2.24) is 15.3 Å². The van der Waals surface area contributed by atoms with Crippen LogP contribution in [0, 0.1) is 5.92 Å². The lowest BCUT2D eigenvalue weighted by Crippen LogP contribution is -2.30. The molecule has 0 radical (unpaired) electrons. The van der Waals surface area contributed by atoms with E-state index in [0.29, 0.717) is 11.7 Å². The fraction of sp³-hybridized carbons (Fsp3) is 0.294. The molecule has 2 N–H and O–H groups in total. The van der Waals surface area contributed by atoms with E-state index in [4.69, 9.17) is 4.42 Å².